The van der Waals surface area contributed by atoms with Gasteiger partial charge in [-0.25, -0.2) is 0 Å². The van der Waals surface area contributed by atoms with E-state index >= 15 is 0 Å². The van der Waals surface area contributed by atoms with Crippen LogP contribution in [0.4, 0.5) is 0 Å². The van der Waals surface area contributed by atoms with Gasteiger partial charge >= 0.3 is 0 Å². The molecule has 1 aromatic heterocycles. The smallest absolute Gasteiger partial charge is 0.0942 e. The number of nitrogens with zero attached hydrogens (tertiary/aromatic N) is 2. The standard InChI is InChI=1S/C12H20N2OS/c1-9-8-12(14(2)13-9)16-11-7-5-3-4-6-10(11)15/h8,10-11,15H,3-7H2,1-2H3. The summed E-state index contributed by atoms with van der Waals surface area (Å²) in [5, 5.41) is 15.9. The molecule has 0 aliphatic heterocycles. The summed E-state index contributed by atoms with van der Waals surface area (Å²) in [5.41, 5.74) is 1.05. The van der Waals surface area contributed by atoms with Crippen molar-refractivity contribution in [3.8, 4) is 0 Å². The van der Waals surface area contributed by atoms with Crippen molar-refractivity contribution in [2.75, 3.05) is 0 Å². The maximum Gasteiger partial charge on any atom is 0.0942 e. The zero-order valence-corrected chi connectivity index (χ0v) is 10.8. The van der Waals surface area contributed by atoms with Gasteiger partial charge in [0.05, 0.1) is 16.8 Å². The van der Waals surface area contributed by atoms with E-state index in [9.17, 15) is 5.11 Å². The Bertz CT molecular complexity index is 351. The fourth-order valence-electron chi connectivity index (χ4n) is 2.24. The van der Waals surface area contributed by atoms with E-state index in [1.54, 1.807) is 11.8 Å². The monoisotopic (exact) mass is 240 g/mol. The van der Waals surface area contributed by atoms with Gasteiger partial charge in [0.1, 0.15) is 0 Å². The molecule has 4 heteroatoms. The summed E-state index contributed by atoms with van der Waals surface area (Å²) in [6.07, 6.45) is 5.60. The topological polar surface area (TPSA) is 38.0 Å². The highest BCUT2D eigenvalue weighted by Gasteiger charge is 2.23. The second-order valence-electron chi connectivity index (χ2n) is 4.61. The minimum atomic E-state index is -0.150. The maximum absolute atomic E-state index is 10.1. The molecule has 0 saturated heterocycles. The van der Waals surface area contributed by atoms with E-state index in [1.807, 2.05) is 18.7 Å². The SMILES string of the molecule is Cc1cc(SC2CCCCCC2O)n(C)n1. The molecule has 0 spiro atoms. The molecular weight excluding hydrogens is 220 g/mol. The van der Waals surface area contributed by atoms with Crippen LogP contribution in [-0.2, 0) is 7.05 Å². The number of hydrogen-bond donors (Lipinski definition) is 1. The first kappa shape index (κ1) is 12.0. The molecule has 3 nitrogen and oxygen atoms in total. The molecular formula is C12H20N2OS. The lowest BCUT2D eigenvalue weighted by molar-refractivity contribution is 0.163. The molecule has 2 unspecified atom stereocenters. The van der Waals surface area contributed by atoms with Crippen molar-refractivity contribution in [1.29, 1.82) is 0 Å². The molecule has 0 radical (unpaired) electrons. The van der Waals surface area contributed by atoms with Gasteiger partial charge in [-0.05, 0) is 25.8 Å². The quantitative estimate of drug-likeness (QED) is 0.807. The van der Waals surface area contributed by atoms with Gasteiger partial charge in [0, 0.05) is 12.3 Å². The lowest BCUT2D eigenvalue weighted by atomic mass is 10.1. The zero-order chi connectivity index (χ0) is 11.5. The Morgan fingerprint density at radius 1 is 1.38 bits per heavy atom. The number of aliphatic hydroxyl groups is 1. The number of aryl methyl sites for hydroxylation is 2. The number of aromatic nitrogens is 2. The van der Waals surface area contributed by atoms with Gasteiger partial charge in [0.2, 0.25) is 0 Å². The molecule has 1 heterocycles. The number of aliphatic hydroxyl groups excluding tert-OH is 1. The van der Waals surface area contributed by atoms with Gasteiger partial charge < -0.3 is 5.11 Å². The van der Waals surface area contributed by atoms with Gasteiger partial charge in [-0.15, -0.1) is 11.8 Å². The van der Waals surface area contributed by atoms with E-state index in [2.05, 4.69) is 11.2 Å². The Morgan fingerprint density at radius 2 is 2.12 bits per heavy atom. The summed E-state index contributed by atoms with van der Waals surface area (Å²) in [6.45, 7) is 2.01. The van der Waals surface area contributed by atoms with Crippen LogP contribution in [0.5, 0.6) is 0 Å². The van der Waals surface area contributed by atoms with Crippen molar-refractivity contribution < 1.29 is 5.11 Å². The first-order valence-corrected chi connectivity index (χ1v) is 6.90. The first-order valence-electron chi connectivity index (χ1n) is 6.02. The van der Waals surface area contributed by atoms with Crippen molar-refractivity contribution >= 4 is 11.8 Å². The summed E-state index contributed by atoms with van der Waals surface area (Å²) in [7, 11) is 1.97. The van der Waals surface area contributed by atoms with Crippen LogP contribution in [0.2, 0.25) is 0 Å². The highest BCUT2D eigenvalue weighted by atomic mass is 32.2. The number of hydrogen-bond acceptors (Lipinski definition) is 3. The normalized spacial score (nSPS) is 26.7. The average molecular weight is 240 g/mol. The van der Waals surface area contributed by atoms with Gasteiger partial charge in [-0.3, -0.25) is 4.68 Å². The first-order chi connectivity index (χ1) is 7.66. The third-order valence-corrected chi connectivity index (χ3v) is 4.63. The highest BCUT2D eigenvalue weighted by Crippen LogP contribution is 2.33. The highest BCUT2D eigenvalue weighted by molar-refractivity contribution is 7.99. The molecule has 2 atom stereocenters. The van der Waals surface area contributed by atoms with Crippen LogP contribution < -0.4 is 0 Å². The molecule has 0 amide bonds. The second-order valence-corrected chi connectivity index (χ2v) is 5.87. The lowest BCUT2D eigenvalue weighted by Gasteiger charge is -2.19. The summed E-state index contributed by atoms with van der Waals surface area (Å²) in [5.74, 6) is 0. The van der Waals surface area contributed by atoms with Crippen molar-refractivity contribution in [3.05, 3.63) is 11.8 Å². The minimum Gasteiger partial charge on any atom is -0.392 e. The molecule has 2 rings (SSSR count). The van der Waals surface area contributed by atoms with E-state index < -0.39 is 0 Å². The van der Waals surface area contributed by atoms with Crippen molar-refractivity contribution in [2.45, 2.75) is 55.4 Å². The Morgan fingerprint density at radius 3 is 2.81 bits per heavy atom. The molecule has 1 aliphatic carbocycles. The van der Waals surface area contributed by atoms with E-state index in [4.69, 9.17) is 0 Å². The fourth-order valence-corrected chi connectivity index (χ4v) is 3.56. The van der Waals surface area contributed by atoms with Crippen LogP contribution in [0.15, 0.2) is 11.1 Å². The molecule has 0 bridgehead atoms. The van der Waals surface area contributed by atoms with Gasteiger partial charge in [0.25, 0.3) is 0 Å². The Labute approximate surface area is 101 Å². The lowest BCUT2D eigenvalue weighted by Crippen LogP contribution is -2.21. The molecule has 1 saturated carbocycles. The molecule has 90 valence electrons. The fraction of sp³-hybridized carbons (Fsp3) is 0.750. The van der Waals surface area contributed by atoms with E-state index in [1.165, 1.54) is 24.3 Å². The minimum absolute atomic E-state index is 0.150. The molecule has 1 fully saturated rings. The van der Waals surface area contributed by atoms with Crippen molar-refractivity contribution in [3.63, 3.8) is 0 Å². The maximum atomic E-state index is 10.1. The van der Waals surface area contributed by atoms with Crippen LogP contribution in [0.25, 0.3) is 0 Å². The molecule has 1 aliphatic rings. The Balaban J connectivity index is 2.04. The van der Waals surface area contributed by atoms with Crippen LogP contribution in [0.3, 0.4) is 0 Å². The predicted octanol–water partition coefficient (Wildman–Crippen LogP) is 2.51. The molecule has 1 aromatic rings. The third kappa shape index (κ3) is 2.80. The van der Waals surface area contributed by atoms with E-state index in [0.29, 0.717) is 5.25 Å². The number of rotatable bonds is 2. The van der Waals surface area contributed by atoms with Crippen LogP contribution >= 0.6 is 11.8 Å². The summed E-state index contributed by atoms with van der Waals surface area (Å²) in [6, 6.07) is 2.10. The molecule has 0 aromatic carbocycles. The van der Waals surface area contributed by atoms with Crippen LogP contribution in [0, 0.1) is 6.92 Å². The largest absolute Gasteiger partial charge is 0.392 e. The summed E-state index contributed by atoms with van der Waals surface area (Å²) in [4.78, 5) is 0. The van der Waals surface area contributed by atoms with Crippen LogP contribution in [0.1, 0.15) is 37.8 Å². The van der Waals surface area contributed by atoms with Crippen molar-refractivity contribution in [2.24, 2.45) is 7.05 Å². The second kappa shape index (κ2) is 5.23. The molecule has 1 N–H and O–H groups in total. The van der Waals surface area contributed by atoms with Gasteiger partial charge in [0.15, 0.2) is 0 Å². The van der Waals surface area contributed by atoms with Crippen molar-refractivity contribution in [1.82, 2.24) is 9.78 Å². The Hall–Kier alpha value is -0.480. The third-order valence-electron chi connectivity index (χ3n) is 3.15. The summed E-state index contributed by atoms with van der Waals surface area (Å²) < 4.78 is 1.91. The average Bonchev–Trinajstić information content (AvgIpc) is 2.43. The zero-order valence-electron chi connectivity index (χ0n) is 10.0. The summed E-state index contributed by atoms with van der Waals surface area (Å²) >= 11 is 1.78. The number of thioether (sulfide) groups is 1. The molecule has 16 heavy (non-hydrogen) atoms. The van der Waals surface area contributed by atoms with Gasteiger partial charge in [-0.1, -0.05) is 19.3 Å². The van der Waals surface area contributed by atoms with E-state index in [0.717, 1.165) is 18.5 Å². The Kier molecular flexibility index (Phi) is 3.92. The van der Waals surface area contributed by atoms with E-state index in [-0.39, 0.29) is 6.10 Å². The van der Waals surface area contributed by atoms with Gasteiger partial charge in [-0.2, -0.15) is 5.10 Å². The predicted molar refractivity (Wildman–Crippen MR) is 66.7 cm³/mol. The van der Waals surface area contributed by atoms with Crippen LogP contribution in [-0.4, -0.2) is 26.2 Å².